The van der Waals surface area contributed by atoms with Gasteiger partial charge in [-0.2, -0.15) is 0 Å². The molecule has 0 spiro atoms. The molecule has 1 saturated carbocycles. The third-order valence-corrected chi connectivity index (χ3v) is 4.97. The van der Waals surface area contributed by atoms with Crippen LogP contribution < -0.4 is 4.74 Å². The lowest BCUT2D eigenvalue weighted by molar-refractivity contribution is -0.134. The summed E-state index contributed by atoms with van der Waals surface area (Å²) in [4.78, 5) is 18.8. The third kappa shape index (κ3) is 3.88. The molecule has 0 aliphatic heterocycles. The SMILES string of the molecule is O=C(COc1ccc(Cl)c2cccnc12)N(Cc1ccccc1F)C1CC1. The number of hydrogen-bond acceptors (Lipinski definition) is 3. The van der Waals surface area contributed by atoms with Crippen molar-refractivity contribution in [3.63, 3.8) is 0 Å². The summed E-state index contributed by atoms with van der Waals surface area (Å²) in [5.41, 5.74) is 1.13. The Labute approximate surface area is 161 Å². The van der Waals surface area contributed by atoms with Crippen LogP contribution in [0.4, 0.5) is 4.39 Å². The van der Waals surface area contributed by atoms with E-state index in [1.165, 1.54) is 6.07 Å². The van der Waals surface area contributed by atoms with E-state index in [4.69, 9.17) is 16.3 Å². The zero-order valence-corrected chi connectivity index (χ0v) is 15.3. The van der Waals surface area contributed by atoms with Crippen molar-refractivity contribution in [2.75, 3.05) is 6.61 Å². The monoisotopic (exact) mass is 384 g/mol. The van der Waals surface area contributed by atoms with Gasteiger partial charge in [0.15, 0.2) is 6.61 Å². The van der Waals surface area contributed by atoms with Gasteiger partial charge in [-0.3, -0.25) is 9.78 Å². The van der Waals surface area contributed by atoms with Crippen molar-refractivity contribution in [2.24, 2.45) is 0 Å². The van der Waals surface area contributed by atoms with E-state index in [1.54, 1.807) is 47.5 Å². The van der Waals surface area contributed by atoms with Gasteiger partial charge in [0.25, 0.3) is 5.91 Å². The van der Waals surface area contributed by atoms with Crippen molar-refractivity contribution in [2.45, 2.75) is 25.4 Å². The van der Waals surface area contributed by atoms with Crippen molar-refractivity contribution in [1.29, 1.82) is 0 Å². The highest BCUT2D eigenvalue weighted by Crippen LogP contribution is 2.31. The molecule has 138 valence electrons. The molecular formula is C21H18ClFN2O2. The summed E-state index contributed by atoms with van der Waals surface area (Å²) in [5.74, 6) is 0.0366. The summed E-state index contributed by atoms with van der Waals surface area (Å²) in [6.45, 7) is 0.122. The topological polar surface area (TPSA) is 42.4 Å². The number of aromatic nitrogens is 1. The molecule has 27 heavy (non-hydrogen) atoms. The first-order valence-corrected chi connectivity index (χ1v) is 9.20. The van der Waals surface area contributed by atoms with E-state index >= 15 is 0 Å². The van der Waals surface area contributed by atoms with Gasteiger partial charge in [-0.05, 0) is 43.2 Å². The van der Waals surface area contributed by atoms with E-state index in [1.807, 2.05) is 6.07 Å². The molecule has 0 bridgehead atoms. The Morgan fingerprint density at radius 1 is 1.19 bits per heavy atom. The molecule has 2 aromatic carbocycles. The van der Waals surface area contributed by atoms with Crippen molar-refractivity contribution >= 4 is 28.4 Å². The Morgan fingerprint density at radius 3 is 2.78 bits per heavy atom. The van der Waals surface area contributed by atoms with Gasteiger partial charge in [-0.1, -0.05) is 29.8 Å². The van der Waals surface area contributed by atoms with Gasteiger partial charge in [0, 0.05) is 29.7 Å². The Hall–Kier alpha value is -2.66. The zero-order valence-electron chi connectivity index (χ0n) is 14.6. The van der Waals surface area contributed by atoms with Gasteiger partial charge >= 0.3 is 0 Å². The molecule has 1 aromatic heterocycles. The molecule has 1 fully saturated rings. The predicted molar refractivity (Wildman–Crippen MR) is 102 cm³/mol. The summed E-state index contributed by atoms with van der Waals surface area (Å²) in [6.07, 6.45) is 3.53. The van der Waals surface area contributed by atoms with E-state index in [9.17, 15) is 9.18 Å². The summed E-state index contributed by atoms with van der Waals surface area (Å²) in [7, 11) is 0. The second kappa shape index (κ2) is 7.53. The van der Waals surface area contributed by atoms with E-state index in [0.717, 1.165) is 18.2 Å². The fourth-order valence-corrected chi connectivity index (χ4v) is 3.28. The quantitative estimate of drug-likeness (QED) is 0.624. The first-order chi connectivity index (χ1) is 13.1. The van der Waals surface area contributed by atoms with Gasteiger partial charge in [0.2, 0.25) is 0 Å². The fraction of sp³-hybridized carbons (Fsp3) is 0.238. The molecule has 0 radical (unpaired) electrons. The number of ether oxygens (including phenoxy) is 1. The van der Waals surface area contributed by atoms with Crippen molar-refractivity contribution < 1.29 is 13.9 Å². The van der Waals surface area contributed by atoms with Crippen LogP contribution in [0.5, 0.6) is 5.75 Å². The number of carbonyl (C=O) groups is 1. The highest BCUT2D eigenvalue weighted by Gasteiger charge is 2.33. The van der Waals surface area contributed by atoms with Crippen LogP contribution in [0, 0.1) is 5.82 Å². The van der Waals surface area contributed by atoms with Crippen LogP contribution in [-0.2, 0) is 11.3 Å². The van der Waals surface area contributed by atoms with E-state index in [0.29, 0.717) is 21.9 Å². The van der Waals surface area contributed by atoms with Crippen LogP contribution in [0.25, 0.3) is 10.9 Å². The molecular weight excluding hydrogens is 367 g/mol. The molecule has 6 heteroatoms. The van der Waals surface area contributed by atoms with Crippen LogP contribution in [0.2, 0.25) is 5.02 Å². The Kier molecular flexibility index (Phi) is 4.94. The van der Waals surface area contributed by atoms with Gasteiger partial charge in [0.05, 0.1) is 5.02 Å². The first kappa shape index (κ1) is 17.7. The average Bonchev–Trinajstić information content (AvgIpc) is 3.52. The molecule has 0 unspecified atom stereocenters. The van der Waals surface area contributed by atoms with Crippen molar-refractivity contribution in [1.82, 2.24) is 9.88 Å². The lowest BCUT2D eigenvalue weighted by Crippen LogP contribution is -2.36. The Morgan fingerprint density at radius 2 is 2.00 bits per heavy atom. The second-order valence-corrected chi connectivity index (χ2v) is 6.99. The van der Waals surface area contributed by atoms with Gasteiger partial charge < -0.3 is 9.64 Å². The lowest BCUT2D eigenvalue weighted by atomic mass is 10.2. The minimum Gasteiger partial charge on any atom is -0.481 e. The highest BCUT2D eigenvalue weighted by atomic mass is 35.5. The third-order valence-electron chi connectivity index (χ3n) is 4.64. The maximum Gasteiger partial charge on any atom is 0.261 e. The number of fused-ring (bicyclic) bond motifs is 1. The number of amides is 1. The molecule has 0 saturated heterocycles. The summed E-state index contributed by atoms with van der Waals surface area (Å²) < 4.78 is 19.7. The van der Waals surface area contributed by atoms with Gasteiger partial charge in [0.1, 0.15) is 17.1 Å². The summed E-state index contributed by atoms with van der Waals surface area (Å²) in [6, 6.07) is 13.8. The molecule has 1 amide bonds. The molecule has 3 aromatic rings. The number of hydrogen-bond donors (Lipinski definition) is 0. The molecule has 1 heterocycles. The number of benzene rings is 2. The zero-order chi connectivity index (χ0) is 18.8. The molecule has 1 aliphatic carbocycles. The summed E-state index contributed by atoms with van der Waals surface area (Å²) in [5, 5.41) is 1.35. The van der Waals surface area contributed by atoms with E-state index in [-0.39, 0.29) is 30.9 Å². The van der Waals surface area contributed by atoms with E-state index in [2.05, 4.69) is 4.98 Å². The number of pyridine rings is 1. The van der Waals surface area contributed by atoms with Crippen LogP contribution in [0.15, 0.2) is 54.7 Å². The van der Waals surface area contributed by atoms with Crippen molar-refractivity contribution in [3.8, 4) is 5.75 Å². The van der Waals surface area contributed by atoms with Crippen LogP contribution in [0.1, 0.15) is 18.4 Å². The lowest BCUT2D eigenvalue weighted by Gasteiger charge is -2.23. The fourth-order valence-electron chi connectivity index (χ4n) is 3.07. The molecule has 4 rings (SSSR count). The van der Waals surface area contributed by atoms with Crippen LogP contribution in [0.3, 0.4) is 0 Å². The molecule has 0 atom stereocenters. The minimum atomic E-state index is -0.301. The van der Waals surface area contributed by atoms with Crippen LogP contribution in [-0.4, -0.2) is 28.4 Å². The number of rotatable bonds is 6. The minimum absolute atomic E-state index is 0.127. The smallest absolute Gasteiger partial charge is 0.261 e. The predicted octanol–water partition coefficient (Wildman–Crippen LogP) is 4.60. The maximum absolute atomic E-state index is 14.0. The number of nitrogens with zero attached hydrogens (tertiary/aromatic N) is 2. The summed E-state index contributed by atoms with van der Waals surface area (Å²) >= 11 is 6.19. The van der Waals surface area contributed by atoms with Crippen LogP contribution >= 0.6 is 11.6 Å². The largest absolute Gasteiger partial charge is 0.481 e. The number of halogens is 2. The highest BCUT2D eigenvalue weighted by molar-refractivity contribution is 6.35. The average molecular weight is 385 g/mol. The normalized spacial score (nSPS) is 13.6. The molecule has 1 aliphatic rings. The Bertz CT molecular complexity index is 991. The standard InChI is InChI=1S/C21H18ClFN2O2/c22-17-9-10-19(21-16(17)5-3-11-24-21)27-13-20(26)25(15-7-8-15)12-14-4-1-2-6-18(14)23/h1-6,9-11,15H,7-8,12-13H2. The number of carbonyl (C=O) groups excluding carboxylic acids is 1. The second-order valence-electron chi connectivity index (χ2n) is 6.58. The first-order valence-electron chi connectivity index (χ1n) is 8.82. The molecule has 0 N–H and O–H groups in total. The van der Waals surface area contributed by atoms with Gasteiger partial charge in [-0.15, -0.1) is 0 Å². The maximum atomic E-state index is 14.0. The van der Waals surface area contributed by atoms with E-state index < -0.39 is 0 Å². The van der Waals surface area contributed by atoms with Gasteiger partial charge in [-0.25, -0.2) is 4.39 Å². The molecule has 4 nitrogen and oxygen atoms in total. The van der Waals surface area contributed by atoms with Crippen molar-refractivity contribution in [3.05, 3.63) is 71.1 Å². The Balaban J connectivity index is 1.50.